The van der Waals surface area contributed by atoms with Crippen LogP contribution in [0.15, 0.2) is 0 Å². The van der Waals surface area contributed by atoms with Crippen molar-refractivity contribution < 1.29 is 8.42 Å². The molecule has 0 amide bonds. The molecule has 0 saturated carbocycles. The number of hydrogen-bond donors (Lipinski definition) is 0. The zero-order valence-corrected chi connectivity index (χ0v) is 9.30. The van der Waals surface area contributed by atoms with Gasteiger partial charge < -0.3 is 0 Å². The van der Waals surface area contributed by atoms with E-state index in [-0.39, 0.29) is 16.4 Å². The Kier molecular flexibility index (Phi) is 3.02. The molecule has 0 aromatic heterocycles. The van der Waals surface area contributed by atoms with Crippen LogP contribution in [-0.2, 0) is 7.90 Å². The first kappa shape index (κ1) is 10.3. The van der Waals surface area contributed by atoms with Gasteiger partial charge in [0.1, 0.15) is 0 Å². The first-order chi connectivity index (χ1) is 5.46. The fourth-order valence-corrected chi connectivity index (χ4v) is 8.65. The maximum atomic E-state index is 11.2. The van der Waals surface area contributed by atoms with E-state index >= 15 is 0 Å². The highest BCUT2D eigenvalue weighted by molar-refractivity contribution is 9.05. The molecule has 0 spiro atoms. The second-order valence-corrected chi connectivity index (χ2v) is 9.81. The summed E-state index contributed by atoms with van der Waals surface area (Å²) in [6, 6.07) is 0. The average Bonchev–Trinajstić information content (AvgIpc) is 1.82. The summed E-state index contributed by atoms with van der Waals surface area (Å²) in [5.41, 5.74) is 0. The molecule has 1 aliphatic heterocycles. The van der Waals surface area contributed by atoms with Gasteiger partial charge in [0.05, 0.1) is 0 Å². The smallest absolute Gasteiger partial charge is 0.206 e. The Morgan fingerprint density at radius 3 is 2.00 bits per heavy atom. The van der Waals surface area contributed by atoms with Crippen LogP contribution < -0.4 is 0 Å². The molecular weight excluding hydrogens is 212 g/mol. The van der Waals surface area contributed by atoms with E-state index in [0.717, 1.165) is 21.6 Å². The molecular formula is C7H10O2S3. The molecule has 0 radical (unpaired) electrons. The van der Waals surface area contributed by atoms with E-state index in [4.69, 9.17) is 6.42 Å². The number of rotatable bonds is 0. The molecule has 0 bridgehead atoms. The van der Waals surface area contributed by atoms with Gasteiger partial charge in [-0.1, -0.05) is 13.8 Å². The summed E-state index contributed by atoms with van der Waals surface area (Å²) >= 11 is 0. The molecule has 2 atom stereocenters. The summed E-state index contributed by atoms with van der Waals surface area (Å²) in [5, 5.41) is 0.0208. The van der Waals surface area contributed by atoms with Crippen LogP contribution in [0.2, 0.25) is 0 Å². The molecule has 5 heteroatoms. The van der Waals surface area contributed by atoms with Crippen molar-refractivity contribution in [3.05, 3.63) is 0 Å². The van der Waals surface area contributed by atoms with E-state index in [1.165, 1.54) is 0 Å². The molecule has 12 heavy (non-hydrogen) atoms. The van der Waals surface area contributed by atoms with E-state index in [0.29, 0.717) is 0 Å². The van der Waals surface area contributed by atoms with Crippen molar-refractivity contribution in [2.24, 2.45) is 5.92 Å². The fourth-order valence-electron chi connectivity index (χ4n) is 1.17. The zero-order valence-electron chi connectivity index (χ0n) is 6.85. The monoisotopic (exact) mass is 222 g/mol. The van der Waals surface area contributed by atoms with Crippen LogP contribution in [0.3, 0.4) is 0 Å². The molecule has 0 aliphatic carbocycles. The molecule has 1 rings (SSSR count). The molecule has 1 heterocycles. The molecule has 0 aromatic rings. The van der Waals surface area contributed by atoms with E-state index in [1.54, 1.807) is 0 Å². The maximum absolute atomic E-state index is 11.2. The van der Waals surface area contributed by atoms with Crippen LogP contribution >= 0.6 is 21.6 Å². The fraction of sp³-hybridized carbons (Fsp3) is 0.714. The predicted octanol–water partition coefficient (Wildman–Crippen LogP) is 1.74. The maximum Gasteiger partial charge on any atom is 0.254 e. The van der Waals surface area contributed by atoms with Gasteiger partial charge in [-0.2, -0.15) is 0 Å². The van der Waals surface area contributed by atoms with Gasteiger partial charge in [0.2, 0.25) is 0 Å². The summed E-state index contributed by atoms with van der Waals surface area (Å²) < 4.78 is 22.4. The van der Waals surface area contributed by atoms with Crippen LogP contribution in [0, 0.1) is 18.3 Å². The van der Waals surface area contributed by atoms with Gasteiger partial charge in [-0.05, 0) is 21.6 Å². The summed E-state index contributed by atoms with van der Waals surface area (Å²) in [6.45, 7) is 3.73. The lowest BCUT2D eigenvalue weighted by Gasteiger charge is -2.28. The quantitative estimate of drug-likeness (QED) is 0.462. The van der Waals surface area contributed by atoms with E-state index in [9.17, 15) is 8.42 Å². The lowest BCUT2D eigenvalue weighted by molar-refractivity contribution is 0.615. The van der Waals surface area contributed by atoms with Crippen molar-refractivity contribution in [2.45, 2.75) is 24.3 Å². The van der Waals surface area contributed by atoms with Gasteiger partial charge in [-0.25, -0.2) is 8.42 Å². The van der Waals surface area contributed by atoms with Gasteiger partial charge in [-0.3, -0.25) is 0 Å². The van der Waals surface area contributed by atoms with Gasteiger partial charge in [0.25, 0.3) is 7.90 Å². The normalized spacial score (nSPS) is 40.2. The molecule has 2 unspecified atom stereocenters. The van der Waals surface area contributed by atoms with Crippen LogP contribution in [0.5, 0.6) is 0 Å². The van der Waals surface area contributed by atoms with Gasteiger partial charge in [-0.15, -0.1) is 12.3 Å². The predicted molar refractivity (Wildman–Crippen MR) is 55.3 cm³/mol. The highest BCUT2D eigenvalue weighted by atomic mass is 33.5. The Hall–Kier alpha value is 0.210. The molecule has 0 N–H and O–H groups in total. The van der Waals surface area contributed by atoms with Crippen LogP contribution in [0.25, 0.3) is 0 Å². The first-order valence-corrected chi connectivity index (χ1v) is 7.81. The van der Waals surface area contributed by atoms with Gasteiger partial charge in [0, 0.05) is 16.4 Å². The largest absolute Gasteiger partial charge is 0.254 e. The Morgan fingerprint density at radius 2 is 1.67 bits per heavy atom. The first-order valence-electron chi connectivity index (χ1n) is 3.54. The standard InChI is InChI=1S/C7H10O2S3/c1-4-7-5(2)10-12(8,9)11-6(7)3/h1,5-7H,2-3H3. The van der Waals surface area contributed by atoms with Gasteiger partial charge >= 0.3 is 0 Å². The Morgan fingerprint density at radius 1 is 1.25 bits per heavy atom. The molecule has 1 fully saturated rings. The summed E-state index contributed by atoms with van der Waals surface area (Å²) in [4.78, 5) is 0. The van der Waals surface area contributed by atoms with E-state index < -0.39 is 7.90 Å². The van der Waals surface area contributed by atoms with Crippen LogP contribution in [0.1, 0.15) is 13.8 Å². The summed E-state index contributed by atoms with van der Waals surface area (Å²) in [7, 11) is -1.04. The van der Waals surface area contributed by atoms with E-state index in [1.807, 2.05) is 13.8 Å². The summed E-state index contributed by atoms with van der Waals surface area (Å²) in [5.74, 6) is 2.69. The Balaban J connectivity index is 2.86. The highest BCUT2D eigenvalue weighted by Gasteiger charge is 2.36. The van der Waals surface area contributed by atoms with Crippen molar-refractivity contribution >= 4 is 29.5 Å². The minimum absolute atomic E-state index is 0.0104. The Bertz CT molecular complexity index is 283. The lowest BCUT2D eigenvalue weighted by Crippen LogP contribution is -2.28. The lowest BCUT2D eigenvalue weighted by atomic mass is 10.0. The molecule has 1 saturated heterocycles. The van der Waals surface area contributed by atoms with Crippen molar-refractivity contribution in [2.75, 3.05) is 0 Å². The minimum atomic E-state index is -2.99. The third kappa shape index (κ3) is 2.12. The third-order valence-electron chi connectivity index (χ3n) is 1.74. The van der Waals surface area contributed by atoms with Crippen molar-refractivity contribution in [3.63, 3.8) is 0 Å². The molecule has 68 valence electrons. The van der Waals surface area contributed by atoms with Crippen molar-refractivity contribution in [1.82, 2.24) is 0 Å². The second kappa shape index (κ2) is 3.52. The topological polar surface area (TPSA) is 34.1 Å². The van der Waals surface area contributed by atoms with Crippen molar-refractivity contribution in [1.29, 1.82) is 0 Å². The molecule has 0 aromatic carbocycles. The molecule has 1 aliphatic rings. The SMILES string of the molecule is C#CC1C(C)SS(=O)(=O)SC1C. The Labute approximate surface area is 80.6 Å². The van der Waals surface area contributed by atoms with Gasteiger partial charge in [0.15, 0.2) is 0 Å². The zero-order chi connectivity index (χ0) is 9.35. The minimum Gasteiger partial charge on any atom is -0.206 e. The third-order valence-corrected chi connectivity index (χ3v) is 8.06. The van der Waals surface area contributed by atoms with Crippen LogP contribution in [-0.4, -0.2) is 18.9 Å². The van der Waals surface area contributed by atoms with Crippen molar-refractivity contribution in [3.8, 4) is 12.3 Å². The van der Waals surface area contributed by atoms with E-state index in [2.05, 4.69) is 5.92 Å². The number of terminal acetylenes is 1. The molecule has 2 nitrogen and oxygen atoms in total. The number of hydrogen-bond acceptors (Lipinski definition) is 4. The van der Waals surface area contributed by atoms with Crippen LogP contribution in [0.4, 0.5) is 0 Å². The second-order valence-electron chi connectivity index (χ2n) is 2.70. The summed E-state index contributed by atoms with van der Waals surface area (Å²) in [6.07, 6.45) is 5.30. The highest BCUT2D eigenvalue weighted by Crippen LogP contribution is 2.44. The average molecular weight is 222 g/mol.